The highest BCUT2D eigenvalue weighted by atomic mass is 31.1. The maximum absolute atomic E-state index is 2.62. The van der Waals surface area contributed by atoms with E-state index in [0.717, 1.165) is 11.3 Å². The first kappa shape index (κ1) is 23.4. The van der Waals surface area contributed by atoms with Gasteiger partial charge in [-0.15, -0.1) is 13.2 Å². The summed E-state index contributed by atoms with van der Waals surface area (Å²) in [5.74, 6) is 0. The standard InChI is InChI=1S/C31H39P2/c1-25(32(26-15-6-2-7-16-26)27-17-8-3-9-18-27)30-23-14-24-31(30)33(28-19-10-4-11-20-28)29-21-12-5-13-22-29/h4-5,10-14,19-27H,2-3,6-9,15-18H2,1H3/q-1/t25-/m1/s1. The SMILES string of the molecule is C[C@H](c1cc[cH-]c1P(c1ccccc1)c1ccccc1)P(C1CCCCC1)C1CCCCC1. The van der Waals surface area contributed by atoms with E-state index in [1.54, 1.807) is 10.9 Å². The summed E-state index contributed by atoms with van der Waals surface area (Å²) < 4.78 is 0. The average Bonchev–Trinajstić information content (AvgIpc) is 3.36. The van der Waals surface area contributed by atoms with E-state index in [9.17, 15) is 0 Å². The van der Waals surface area contributed by atoms with Gasteiger partial charge in [-0.1, -0.05) is 112 Å². The molecule has 2 saturated carbocycles. The zero-order valence-electron chi connectivity index (χ0n) is 20.2. The quantitative estimate of drug-likeness (QED) is 0.239. The van der Waals surface area contributed by atoms with E-state index < -0.39 is 7.92 Å². The van der Waals surface area contributed by atoms with Gasteiger partial charge in [-0.3, -0.25) is 0 Å². The third kappa shape index (κ3) is 5.34. The highest BCUT2D eigenvalue weighted by Gasteiger charge is 2.34. The van der Waals surface area contributed by atoms with Crippen molar-refractivity contribution in [3.05, 3.63) is 84.4 Å². The van der Waals surface area contributed by atoms with Crippen LogP contribution in [0.5, 0.6) is 0 Å². The molecule has 0 aliphatic heterocycles. The zero-order valence-corrected chi connectivity index (χ0v) is 22.0. The summed E-state index contributed by atoms with van der Waals surface area (Å²) in [4.78, 5) is 0. The van der Waals surface area contributed by atoms with Gasteiger partial charge in [-0.2, -0.15) is 17.7 Å². The van der Waals surface area contributed by atoms with Gasteiger partial charge in [-0.05, 0) is 55.5 Å². The fraction of sp³-hybridized carbons (Fsp3) is 0.452. The van der Waals surface area contributed by atoms with E-state index in [2.05, 4.69) is 85.8 Å². The van der Waals surface area contributed by atoms with Gasteiger partial charge in [-0.25, -0.2) is 6.07 Å². The van der Waals surface area contributed by atoms with Gasteiger partial charge in [0, 0.05) is 0 Å². The van der Waals surface area contributed by atoms with Crippen molar-refractivity contribution >= 4 is 31.8 Å². The Morgan fingerprint density at radius 3 is 1.64 bits per heavy atom. The molecule has 0 spiro atoms. The fourth-order valence-corrected chi connectivity index (χ4v) is 13.4. The number of benzene rings is 2. The predicted octanol–water partition coefficient (Wildman–Crippen LogP) is 8.37. The fourth-order valence-electron chi connectivity index (χ4n) is 6.41. The highest BCUT2D eigenvalue weighted by Crippen LogP contribution is 2.64. The third-order valence-corrected chi connectivity index (χ3v) is 14.4. The first-order chi connectivity index (χ1) is 16.3. The van der Waals surface area contributed by atoms with Gasteiger partial charge >= 0.3 is 0 Å². The maximum Gasteiger partial charge on any atom is -0.0171 e. The minimum atomic E-state index is -0.511. The molecular weight excluding hydrogens is 434 g/mol. The van der Waals surface area contributed by atoms with E-state index in [1.807, 2.05) is 0 Å². The van der Waals surface area contributed by atoms with Crippen LogP contribution in [0.2, 0.25) is 0 Å². The van der Waals surface area contributed by atoms with Gasteiger partial charge in [0.1, 0.15) is 0 Å². The van der Waals surface area contributed by atoms with Crippen molar-refractivity contribution < 1.29 is 0 Å². The summed E-state index contributed by atoms with van der Waals surface area (Å²) in [7, 11) is -0.489. The third-order valence-electron chi connectivity index (χ3n) is 7.99. The first-order valence-corrected chi connectivity index (χ1v) is 16.2. The van der Waals surface area contributed by atoms with Crippen LogP contribution < -0.4 is 15.9 Å². The van der Waals surface area contributed by atoms with Crippen LogP contribution in [0, 0.1) is 0 Å². The van der Waals surface area contributed by atoms with Crippen LogP contribution in [0.15, 0.2) is 78.9 Å². The summed E-state index contributed by atoms with van der Waals surface area (Å²) in [6.07, 6.45) is 14.8. The Labute approximate surface area is 204 Å². The largest absolute Gasteiger partial charge is 0.209 e. The van der Waals surface area contributed by atoms with Crippen LogP contribution in [-0.4, -0.2) is 11.3 Å². The molecule has 3 aromatic rings. The van der Waals surface area contributed by atoms with E-state index >= 15 is 0 Å². The zero-order chi connectivity index (χ0) is 22.5. The lowest BCUT2D eigenvalue weighted by atomic mass is 9.99. The van der Waals surface area contributed by atoms with E-state index in [1.165, 1.54) is 74.8 Å². The number of rotatable bonds is 7. The second kappa shape index (κ2) is 11.4. The summed E-state index contributed by atoms with van der Waals surface area (Å²) in [6.45, 7) is 2.62. The number of hydrogen-bond acceptors (Lipinski definition) is 0. The Morgan fingerprint density at radius 2 is 1.15 bits per heavy atom. The molecule has 0 N–H and O–H groups in total. The predicted molar refractivity (Wildman–Crippen MR) is 150 cm³/mol. The van der Waals surface area contributed by atoms with Crippen molar-refractivity contribution in [3.8, 4) is 0 Å². The average molecular weight is 474 g/mol. The molecule has 0 heterocycles. The molecule has 5 rings (SSSR count). The lowest BCUT2D eigenvalue weighted by Crippen LogP contribution is -2.26. The maximum atomic E-state index is 2.62. The topological polar surface area (TPSA) is 0 Å². The van der Waals surface area contributed by atoms with Crippen molar-refractivity contribution in [2.24, 2.45) is 0 Å². The second-order valence-electron chi connectivity index (χ2n) is 10.1. The van der Waals surface area contributed by atoms with Gasteiger partial charge in [0.2, 0.25) is 0 Å². The minimum Gasteiger partial charge on any atom is -0.209 e. The van der Waals surface area contributed by atoms with Crippen LogP contribution in [0.4, 0.5) is 0 Å². The van der Waals surface area contributed by atoms with Crippen LogP contribution in [0.25, 0.3) is 0 Å². The second-order valence-corrected chi connectivity index (χ2v) is 15.4. The van der Waals surface area contributed by atoms with Crippen molar-refractivity contribution in [1.29, 1.82) is 0 Å². The molecule has 2 heteroatoms. The Bertz CT molecular complexity index is 907. The van der Waals surface area contributed by atoms with Gasteiger partial charge in [0.25, 0.3) is 0 Å². The van der Waals surface area contributed by atoms with Crippen LogP contribution >= 0.6 is 15.8 Å². The molecule has 0 radical (unpaired) electrons. The summed E-state index contributed by atoms with van der Waals surface area (Å²) in [5.41, 5.74) is 4.38. The van der Waals surface area contributed by atoms with Crippen molar-refractivity contribution in [1.82, 2.24) is 0 Å². The van der Waals surface area contributed by atoms with Gasteiger partial charge in [0.05, 0.1) is 0 Å². The molecule has 2 fully saturated rings. The molecule has 33 heavy (non-hydrogen) atoms. The first-order valence-electron chi connectivity index (χ1n) is 13.3. The van der Waals surface area contributed by atoms with Gasteiger partial charge < -0.3 is 0 Å². The Morgan fingerprint density at radius 1 is 0.667 bits per heavy atom. The van der Waals surface area contributed by atoms with Crippen LogP contribution in [0.1, 0.15) is 82.4 Å². The summed E-state index contributed by atoms with van der Waals surface area (Å²) >= 11 is 0. The van der Waals surface area contributed by atoms with Gasteiger partial charge in [0.15, 0.2) is 0 Å². The Hall–Kier alpha value is -1.35. The molecule has 2 aliphatic carbocycles. The van der Waals surface area contributed by atoms with E-state index in [4.69, 9.17) is 0 Å². The van der Waals surface area contributed by atoms with Crippen LogP contribution in [-0.2, 0) is 0 Å². The molecule has 0 bridgehead atoms. The lowest BCUT2D eigenvalue weighted by Gasteiger charge is -2.45. The molecule has 0 nitrogen and oxygen atoms in total. The Balaban J connectivity index is 1.53. The molecule has 2 aliphatic rings. The molecule has 0 amide bonds. The molecular formula is C31H39P2-. The molecule has 0 aromatic heterocycles. The monoisotopic (exact) mass is 473 g/mol. The number of hydrogen-bond donors (Lipinski definition) is 0. The summed E-state index contributed by atoms with van der Waals surface area (Å²) in [5, 5.41) is 4.59. The lowest BCUT2D eigenvalue weighted by molar-refractivity contribution is 0.481. The normalized spacial score (nSPS) is 19.2. The minimum absolute atomic E-state index is 0.0228. The van der Waals surface area contributed by atoms with Crippen molar-refractivity contribution in [2.75, 3.05) is 0 Å². The van der Waals surface area contributed by atoms with Crippen LogP contribution in [0.3, 0.4) is 0 Å². The smallest absolute Gasteiger partial charge is 0.0171 e. The summed E-state index contributed by atoms with van der Waals surface area (Å²) in [6, 6.07) is 29.9. The van der Waals surface area contributed by atoms with Crippen molar-refractivity contribution in [3.63, 3.8) is 0 Å². The highest BCUT2D eigenvalue weighted by molar-refractivity contribution is 7.80. The molecule has 0 unspecified atom stereocenters. The molecule has 174 valence electrons. The molecule has 1 atom stereocenters. The Kier molecular flexibility index (Phi) is 8.07. The molecule has 3 aromatic carbocycles. The molecule has 0 saturated heterocycles. The van der Waals surface area contributed by atoms with E-state index in [-0.39, 0.29) is 7.92 Å². The van der Waals surface area contributed by atoms with E-state index in [0.29, 0.717) is 5.66 Å². The van der Waals surface area contributed by atoms with Crippen molar-refractivity contribution in [2.45, 2.75) is 88.1 Å².